The van der Waals surface area contributed by atoms with Crippen molar-refractivity contribution >= 4 is 22.7 Å². The van der Waals surface area contributed by atoms with E-state index in [4.69, 9.17) is 4.74 Å². The summed E-state index contributed by atoms with van der Waals surface area (Å²) in [5.74, 6) is 0. The second-order valence-corrected chi connectivity index (χ2v) is 6.98. The van der Waals surface area contributed by atoms with Gasteiger partial charge in [0.15, 0.2) is 0 Å². The molecular formula is C13H17N3OS2. The molecule has 4 nitrogen and oxygen atoms in total. The molecule has 3 rings (SSSR count). The highest BCUT2D eigenvalue weighted by molar-refractivity contribution is 7.11. The molecule has 102 valence electrons. The van der Waals surface area contributed by atoms with Crippen LogP contribution >= 0.6 is 22.7 Å². The predicted molar refractivity (Wildman–Crippen MR) is 77.7 cm³/mol. The number of hydrogen-bond acceptors (Lipinski definition) is 6. The molecule has 2 aromatic rings. The molecule has 0 spiro atoms. The van der Waals surface area contributed by atoms with Crippen LogP contribution in [0.1, 0.15) is 26.7 Å². The standard InChI is InChI=1S/C13H17N3OS2/c1-9-8-18-13(15-9)12-7-16(3-4-17-12)6-11-5-14-10(2)19-11/h5,8,12H,3-4,6-7H2,1-2H3/t12-/m1/s1. The predicted octanol–water partition coefficient (Wildman–Crippen LogP) is 2.79. The van der Waals surface area contributed by atoms with E-state index in [1.165, 1.54) is 4.88 Å². The number of nitrogens with zero attached hydrogens (tertiary/aromatic N) is 3. The molecule has 0 aliphatic carbocycles. The molecule has 1 saturated heterocycles. The number of aryl methyl sites for hydroxylation is 2. The van der Waals surface area contributed by atoms with E-state index in [-0.39, 0.29) is 6.10 Å². The Morgan fingerprint density at radius 2 is 2.37 bits per heavy atom. The maximum Gasteiger partial charge on any atom is 0.123 e. The molecule has 2 aromatic heterocycles. The van der Waals surface area contributed by atoms with Crippen LogP contribution in [0.5, 0.6) is 0 Å². The average Bonchev–Trinajstić information content (AvgIpc) is 2.99. The highest BCUT2D eigenvalue weighted by atomic mass is 32.1. The van der Waals surface area contributed by atoms with Gasteiger partial charge in [0.05, 0.1) is 11.6 Å². The number of aromatic nitrogens is 2. The van der Waals surface area contributed by atoms with Crippen molar-refractivity contribution in [2.45, 2.75) is 26.5 Å². The van der Waals surface area contributed by atoms with Gasteiger partial charge >= 0.3 is 0 Å². The van der Waals surface area contributed by atoms with Crippen LogP contribution in [0, 0.1) is 13.8 Å². The van der Waals surface area contributed by atoms with Gasteiger partial charge in [-0.2, -0.15) is 0 Å². The van der Waals surface area contributed by atoms with Crippen molar-refractivity contribution in [3.05, 3.63) is 32.2 Å². The zero-order chi connectivity index (χ0) is 13.2. The van der Waals surface area contributed by atoms with Gasteiger partial charge in [-0.15, -0.1) is 22.7 Å². The van der Waals surface area contributed by atoms with E-state index < -0.39 is 0 Å². The van der Waals surface area contributed by atoms with Gasteiger partial charge in [-0.3, -0.25) is 4.90 Å². The van der Waals surface area contributed by atoms with Gasteiger partial charge in [-0.1, -0.05) is 0 Å². The molecule has 1 aliphatic heterocycles. The van der Waals surface area contributed by atoms with E-state index in [2.05, 4.69) is 27.2 Å². The van der Waals surface area contributed by atoms with Crippen molar-refractivity contribution in [3.63, 3.8) is 0 Å². The average molecular weight is 295 g/mol. The fourth-order valence-electron chi connectivity index (χ4n) is 2.21. The van der Waals surface area contributed by atoms with Gasteiger partial charge in [0.25, 0.3) is 0 Å². The summed E-state index contributed by atoms with van der Waals surface area (Å²) < 4.78 is 5.84. The first-order valence-electron chi connectivity index (χ1n) is 6.38. The van der Waals surface area contributed by atoms with Gasteiger partial charge < -0.3 is 4.74 Å². The summed E-state index contributed by atoms with van der Waals surface area (Å²) in [5, 5.41) is 4.32. The maximum atomic E-state index is 5.84. The van der Waals surface area contributed by atoms with Gasteiger partial charge in [-0.25, -0.2) is 9.97 Å². The van der Waals surface area contributed by atoms with Crippen molar-refractivity contribution in [1.82, 2.24) is 14.9 Å². The third-order valence-electron chi connectivity index (χ3n) is 3.11. The van der Waals surface area contributed by atoms with Gasteiger partial charge in [0.2, 0.25) is 0 Å². The first kappa shape index (κ1) is 13.2. The molecular weight excluding hydrogens is 278 g/mol. The number of rotatable bonds is 3. The Labute approximate surface area is 121 Å². The van der Waals surface area contributed by atoms with Crippen LogP contribution in [0.2, 0.25) is 0 Å². The van der Waals surface area contributed by atoms with Crippen LogP contribution in [0.4, 0.5) is 0 Å². The molecule has 0 aromatic carbocycles. The lowest BCUT2D eigenvalue weighted by Crippen LogP contribution is -2.37. The quantitative estimate of drug-likeness (QED) is 0.873. The van der Waals surface area contributed by atoms with Gasteiger partial charge in [0, 0.05) is 41.8 Å². The van der Waals surface area contributed by atoms with Crippen LogP contribution in [-0.2, 0) is 11.3 Å². The zero-order valence-corrected chi connectivity index (χ0v) is 12.8. The maximum absolute atomic E-state index is 5.84. The Morgan fingerprint density at radius 3 is 3.05 bits per heavy atom. The van der Waals surface area contributed by atoms with E-state index in [0.717, 1.165) is 42.0 Å². The van der Waals surface area contributed by atoms with Crippen LogP contribution < -0.4 is 0 Å². The summed E-state index contributed by atoms with van der Waals surface area (Å²) in [6.07, 6.45) is 2.11. The van der Waals surface area contributed by atoms with Crippen LogP contribution in [-0.4, -0.2) is 34.6 Å². The largest absolute Gasteiger partial charge is 0.368 e. The molecule has 6 heteroatoms. The molecule has 0 unspecified atom stereocenters. The third-order valence-corrected chi connectivity index (χ3v) is 5.06. The second-order valence-electron chi connectivity index (χ2n) is 4.77. The normalized spacial score (nSPS) is 20.8. The molecule has 0 N–H and O–H groups in total. The number of morpholine rings is 1. The Bertz CT molecular complexity index is 552. The third kappa shape index (κ3) is 3.20. The van der Waals surface area contributed by atoms with Crippen molar-refractivity contribution in [3.8, 4) is 0 Å². The molecule has 0 radical (unpaired) electrons. The summed E-state index contributed by atoms with van der Waals surface area (Å²) in [4.78, 5) is 12.6. The van der Waals surface area contributed by atoms with E-state index in [1.54, 1.807) is 22.7 Å². The first-order chi connectivity index (χ1) is 9.20. The highest BCUT2D eigenvalue weighted by Gasteiger charge is 2.24. The first-order valence-corrected chi connectivity index (χ1v) is 8.07. The fourth-order valence-corrected chi connectivity index (χ4v) is 3.89. The number of hydrogen-bond donors (Lipinski definition) is 0. The van der Waals surface area contributed by atoms with Crippen molar-refractivity contribution in [2.75, 3.05) is 19.7 Å². The minimum atomic E-state index is 0.126. The summed E-state index contributed by atoms with van der Waals surface area (Å²) in [5.41, 5.74) is 1.08. The van der Waals surface area contributed by atoms with Crippen molar-refractivity contribution in [2.24, 2.45) is 0 Å². The molecule has 0 saturated carbocycles. The van der Waals surface area contributed by atoms with E-state index in [1.807, 2.05) is 13.1 Å². The van der Waals surface area contributed by atoms with E-state index in [0.29, 0.717) is 0 Å². The summed E-state index contributed by atoms with van der Waals surface area (Å²) in [6.45, 7) is 7.73. The van der Waals surface area contributed by atoms with E-state index in [9.17, 15) is 0 Å². The van der Waals surface area contributed by atoms with Crippen LogP contribution in [0.3, 0.4) is 0 Å². The Kier molecular flexibility index (Phi) is 3.93. The molecule has 0 amide bonds. The van der Waals surface area contributed by atoms with Crippen LogP contribution in [0.15, 0.2) is 11.6 Å². The topological polar surface area (TPSA) is 38.2 Å². The SMILES string of the molecule is Cc1csc([C@H]2CN(Cc3cnc(C)s3)CCO2)n1. The smallest absolute Gasteiger partial charge is 0.123 e. The minimum absolute atomic E-state index is 0.126. The molecule has 3 heterocycles. The summed E-state index contributed by atoms with van der Waals surface area (Å²) in [7, 11) is 0. The monoisotopic (exact) mass is 295 g/mol. The zero-order valence-electron chi connectivity index (χ0n) is 11.1. The summed E-state index contributed by atoms with van der Waals surface area (Å²) >= 11 is 3.47. The Balaban J connectivity index is 1.64. The Morgan fingerprint density at radius 1 is 1.47 bits per heavy atom. The molecule has 1 aliphatic rings. The molecule has 1 fully saturated rings. The van der Waals surface area contributed by atoms with Gasteiger partial charge in [-0.05, 0) is 13.8 Å². The van der Waals surface area contributed by atoms with Crippen molar-refractivity contribution in [1.29, 1.82) is 0 Å². The summed E-state index contributed by atoms with van der Waals surface area (Å²) in [6, 6.07) is 0. The molecule has 19 heavy (non-hydrogen) atoms. The minimum Gasteiger partial charge on any atom is -0.368 e. The fraction of sp³-hybridized carbons (Fsp3) is 0.538. The lowest BCUT2D eigenvalue weighted by molar-refractivity contribution is -0.0327. The van der Waals surface area contributed by atoms with E-state index >= 15 is 0 Å². The molecule has 0 bridgehead atoms. The number of thiazole rings is 2. The number of ether oxygens (including phenoxy) is 1. The van der Waals surface area contributed by atoms with Gasteiger partial charge in [0.1, 0.15) is 11.1 Å². The lowest BCUT2D eigenvalue weighted by Gasteiger charge is -2.31. The second kappa shape index (κ2) is 5.66. The van der Waals surface area contributed by atoms with Crippen molar-refractivity contribution < 1.29 is 4.74 Å². The lowest BCUT2D eigenvalue weighted by atomic mass is 10.2. The van der Waals surface area contributed by atoms with Crippen LogP contribution in [0.25, 0.3) is 0 Å². The molecule has 1 atom stereocenters. The highest BCUT2D eigenvalue weighted by Crippen LogP contribution is 2.26. The Hall–Kier alpha value is -0.820.